The van der Waals surface area contributed by atoms with E-state index in [2.05, 4.69) is 52.1 Å². The monoisotopic (exact) mass is 318 g/mol. The van der Waals surface area contributed by atoms with Crippen LogP contribution >= 0.6 is 24.0 Å². The maximum atomic E-state index is 5.53. The van der Waals surface area contributed by atoms with Crippen molar-refractivity contribution in [1.29, 1.82) is 0 Å². The topological polar surface area (TPSA) is 38.5 Å². The van der Waals surface area contributed by atoms with Gasteiger partial charge in [-0.2, -0.15) is 5.10 Å². The summed E-state index contributed by atoms with van der Waals surface area (Å²) in [5.41, 5.74) is 4.24. The van der Waals surface area contributed by atoms with Gasteiger partial charge in [-0.3, -0.25) is 4.57 Å². The Morgan fingerprint density at radius 2 is 2.19 bits per heavy atom. The summed E-state index contributed by atoms with van der Waals surface area (Å²) in [5, 5.41) is 4.62. The third-order valence-electron chi connectivity index (χ3n) is 3.53. The summed E-state index contributed by atoms with van der Waals surface area (Å²) in [6.45, 7) is 2.16. The van der Waals surface area contributed by atoms with Crippen LogP contribution in [0.5, 0.6) is 0 Å². The average Bonchev–Trinajstić information content (AvgIpc) is 2.97. The fraction of sp³-hybridized carbons (Fsp3) is 0.333. The molecule has 0 fully saturated rings. The smallest absolute Gasteiger partial charge is 0.184 e. The molecule has 6 heteroatoms. The summed E-state index contributed by atoms with van der Waals surface area (Å²) < 4.78 is 4.70. The molecule has 0 saturated carbocycles. The highest BCUT2D eigenvalue weighted by molar-refractivity contribution is 7.98. The van der Waals surface area contributed by atoms with Crippen LogP contribution in [0.4, 0.5) is 0 Å². The lowest BCUT2D eigenvalue weighted by Crippen LogP contribution is -2.01. The zero-order valence-electron chi connectivity index (χ0n) is 12.4. The number of H-pyrrole nitrogens is 1. The van der Waals surface area contributed by atoms with Gasteiger partial charge in [0.25, 0.3) is 0 Å². The van der Waals surface area contributed by atoms with Crippen molar-refractivity contribution < 1.29 is 0 Å². The predicted octanol–water partition coefficient (Wildman–Crippen LogP) is 4.10. The third-order valence-corrected chi connectivity index (χ3v) is 4.54. The lowest BCUT2D eigenvalue weighted by atomic mass is 10.2. The van der Waals surface area contributed by atoms with E-state index in [4.69, 9.17) is 12.2 Å². The number of aromatic nitrogens is 4. The van der Waals surface area contributed by atoms with E-state index in [1.54, 1.807) is 11.8 Å². The summed E-state index contributed by atoms with van der Waals surface area (Å²) >= 11 is 7.26. The Balaban J connectivity index is 2.27. The Kier molecular flexibility index (Phi) is 3.91. The summed E-state index contributed by atoms with van der Waals surface area (Å²) in [5.74, 6) is 0. The van der Waals surface area contributed by atoms with E-state index in [0.29, 0.717) is 4.77 Å². The molecule has 21 heavy (non-hydrogen) atoms. The first-order valence-electron chi connectivity index (χ1n) is 6.96. The first-order valence-corrected chi connectivity index (χ1v) is 8.60. The number of thioether (sulfide) groups is 1. The number of nitrogens with one attached hydrogen (secondary N) is 1. The Morgan fingerprint density at radius 3 is 2.90 bits per heavy atom. The Morgan fingerprint density at radius 1 is 1.38 bits per heavy atom. The molecule has 0 atom stereocenters. The maximum Gasteiger partial charge on any atom is 0.184 e. The number of hydrogen-bond acceptors (Lipinski definition) is 3. The summed E-state index contributed by atoms with van der Waals surface area (Å²) in [6.07, 6.45) is 4.10. The van der Waals surface area contributed by atoms with Crippen LogP contribution in [0.3, 0.4) is 0 Å². The van der Waals surface area contributed by atoms with Crippen LogP contribution < -0.4 is 0 Å². The highest BCUT2D eigenvalue weighted by Crippen LogP contribution is 2.25. The fourth-order valence-electron chi connectivity index (χ4n) is 2.61. The summed E-state index contributed by atoms with van der Waals surface area (Å²) in [7, 11) is 1.97. The molecule has 0 amide bonds. The van der Waals surface area contributed by atoms with Crippen molar-refractivity contribution >= 4 is 35.1 Å². The Labute approximate surface area is 133 Å². The number of fused-ring (bicyclic) bond motifs is 1. The van der Waals surface area contributed by atoms with Gasteiger partial charge in [0, 0.05) is 11.9 Å². The lowest BCUT2D eigenvalue weighted by Gasteiger charge is -2.06. The van der Waals surface area contributed by atoms with E-state index in [0.717, 1.165) is 35.4 Å². The van der Waals surface area contributed by atoms with E-state index in [1.807, 2.05) is 11.7 Å². The summed E-state index contributed by atoms with van der Waals surface area (Å²) in [6, 6.07) is 8.40. The van der Waals surface area contributed by atoms with Gasteiger partial charge in [0.15, 0.2) is 10.4 Å². The molecule has 0 aliphatic carbocycles. The minimum Gasteiger partial charge on any atom is -0.327 e. The Hall–Kier alpha value is -1.53. The van der Waals surface area contributed by atoms with E-state index < -0.39 is 0 Å². The van der Waals surface area contributed by atoms with Gasteiger partial charge in [0.1, 0.15) is 5.52 Å². The molecule has 3 aromatic rings. The second-order valence-electron chi connectivity index (χ2n) is 4.99. The molecule has 2 heterocycles. The number of imidazole rings is 1. The van der Waals surface area contributed by atoms with Gasteiger partial charge < -0.3 is 4.98 Å². The highest BCUT2D eigenvalue weighted by atomic mass is 32.2. The molecule has 0 unspecified atom stereocenters. The van der Waals surface area contributed by atoms with Crippen LogP contribution in [-0.2, 0) is 13.5 Å². The molecule has 0 saturated heterocycles. The largest absolute Gasteiger partial charge is 0.327 e. The van der Waals surface area contributed by atoms with Gasteiger partial charge in [-0.15, -0.1) is 11.8 Å². The number of benzene rings is 1. The van der Waals surface area contributed by atoms with Crippen LogP contribution in [0.25, 0.3) is 16.9 Å². The fourth-order valence-corrected chi connectivity index (χ4v) is 3.36. The number of hydrogen-bond donors (Lipinski definition) is 1. The molecule has 1 N–H and O–H groups in total. The normalized spacial score (nSPS) is 11.4. The lowest BCUT2D eigenvalue weighted by molar-refractivity contribution is 0.735. The average molecular weight is 318 g/mol. The second kappa shape index (κ2) is 5.69. The molecule has 110 valence electrons. The molecular formula is C15H18N4S2. The number of aryl methyl sites for hydroxylation is 2. The van der Waals surface area contributed by atoms with E-state index in [-0.39, 0.29) is 0 Å². The van der Waals surface area contributed by atoms with E-state index >= 15 is 0 Å². The molecular weight excluding hydrogens is 300 g/mol. The van der Waals surface area contributed by atoms with Gasteiger partial charge in [-0.05, 0) is 43.1 Å². The first-order chi connectivity index (χ1) is 10.2. The van der Waals surface area contributed by atoms with Crippen LogP contribution in [0.15, 0.2) is 29.2 Å². The molecule has 0 aliphatic rings. The predicted molar refractivity (Wildman–Crippen MR) is 91.0 cm³/mol. The van der Waals surface area contributed by atoms with Crippen LogP contribution in [0.1, 0.15) is 19.0 Å². The van der Waals surface area contributed by atoms with Gasteiger partial charge in [0.2, 0.25) is 0 Å². The number of aromatic amines is 1. The van der Waals surface area contributed by atoms with Gasteiger partial charge in [-0.25, -0.2) is 4.68 Å². The first kappa shape index (κ1) is 14.4. The van der Waals surface area contributed by atoms with Crippen molar-refractivity contribution in [2.24, 2.45) is 7.05 Å². The molecule has 2 aromatic heterocycles. The minimum atomic E-state index is 0.716. The summed E-state index contributed by atoms with van der Waals surface area (Å²) in [4.78, 5) is 4.55. The quantitative estimate of drug-likeness (QED) is 0.581. The molecule has 1 aromatic carbocycles. The van der Waals surface area contributed by atoms with Crippen molar-refractivity contribution in [3.63, 3.8) is 0 Å². The van der Waals surface area contributed by atoms with Crippen molar-refractivity contribution in [1.82, 2.24) is 19.3 Å². The maximum absolute atomic E-state index is 5.53. The van der Waals surface area contributed by atoms with E-state index in [9.17, 15) is 0 Å². The molecule has 0 spiro atoms. The van der Waals surface area contributed by atoms with Gasteiger partial charge in [-0.1, -0.05) is 19.4 Å². The number of nitrogens with zero attached hydrogens (tertiary/aromatic N) is 3. The van der Waals surface area contributed by atoms with Crippen LogP contribution in [0.2, 0.25) is 0 Å². The molecule has 0 aliphatic heterocycles. The zero-order chi connectivity index (χ0) is 15.0. The standard InChI is InChI=1S/C15H18N4S2/c1-4-6-12-13-14(18(2)17-12)19(15(20)16-13)10-7-5-8-11(9-10)21-3/h5,7-9H,4,6H2,1-3H3,(H,16,20). The third kappa shape index (κ3) is 2.42. The molecule has 4 nitrogen and oxygen atoms in total. The van der Waals surface area contributed by atoms with Crippen molar-refractivity contribution in [2.45, 2.75) is 24.7 Å². The van der Waals surface area contributed by atoms with Gasteiger partial charge in [0.05, 0.1) is 11.4 Å². The minimum absolute atomic E-state index is 0.716. The zero-order valence-corrected chi connectivity index (χ0v) is 14.0. The highest BCUT2D eigenvalue weighted by Gasteiger charge is 2.15. The van der Waals surface area contributed by atoms with Crippen molar-refractivity contribution in [3.8, 4) is 5.69 Å². The molecule has 0 radical (unpaired) electrons. The van der Waals surface area contributed by atoms with Gasteiger partial charge >= 0.3 is 0 Å². The van der Waals surface area contributed by atoms with E-state index in [1.165, 1.54) is 4.90 Å². The van der Waals surface area contributed by atoms with Crippen molar-refractivity contribution in [3.05, 3.63) is 34.7 Å². The van der Waals surface area contributed by atoms with Crippen LogP contribution in [-0.4, -0.2) is 25.6 Å². The number of rotatable bonds is 4. The SMILES string of the molecule is CCCc1nn(C)c2c1[nH]c(=S)n2-c1cccc(SC)c1. The Bertz CT molecular complexity index is 841. The van der Waals surface area contributed by atoms with Crippen LogP contribution in [0, 0.1) is 4.77 Å². The second-order valence-corrected chi connectivity index (χ2v) is 6.25. The molecule has 0 bridgehead atoms. The molecule has 3 rings (SSSR count). The van der Waals surface area contributed by atoms with Crippen molar-refractivity contribution in [2.75, 3.05) is 6.26 Å².